The number of ketones is 1. The number of hydrogen-bond acceptors (Lipinski definition) is 5. The smallest absolute Gasteiger partial charge is 0.309 e. The molecule has 0 spiro atoms. The zero-order chi connectivity index (χ0) is 18.3. The number of Topliss-reactive ketones (excluding diaryl/α,β-unsaturated/α-hetero) is 1. The zero-order valence-corrected chi connectivity index (χ0v) is 15.8. The molecule has 0 N–H and O–H groups in total. The average Bonchev–Trinajstić information content (AvgIpc) is 2.58. The van der Waals surface area contributed by atoms with Gasteiger partial charge < -0.3 is 9.05 Å². The van der Waals surface area contributed by atoms with Crippen LogP contribution in [0.1, 0.15) is 32.3 Å². The van der Waals surface area contributed by atoms with Gasteiger partial charge in [-0.3, -0.25) is 14.3 Å². The molecular weight excluding hydrogens is 344 g/mol. The van der Waals surface area contributed by atoms with Gasteiger partial charge in [-0.15, -0.1) is 0 Å². The fourth-order valence-corrected chi connectivity index (χ4v) is 4.79. The third kappa shape index (κ3) is 6.30. The highest BCUT2D eigenvalue weighted by atomic mass is 31.2. The lowest BCUT2D eigenvalue weighted by Gasteiger charge is -2.31. The van der Waals surface area contributed by atoms with Crippen LogP contribution in [0.5, 0.6) is 0 Å². The van der Waals surface area contributed by atoms with Crippen molar-refractivity contribution in [1.82, 2.24) is 4.90 Å². The summed E-state index contributed by atoms with van der Waals surface area (Å²) in [6.45, 7) is 6.34. The van der Waals surface area contributed by atoms with Gasteiger partial charge in [-0.1, -0.05) is 12.1 Å². The lowest BCUT2D eigenvalue weighted by Crippen LogP contribution is -2.36. The summed E-state index contributed by atoms with van der Waals surface area (Å²) in [6, 6.07) is 6.50. The molecule has 7 heteroatoms. The third-order valence-electron chi connectivity index (χ3n) is 4.36. The minimum atomic E-state index is -3.32. The van der Waals surface area contributed by atoms with Gasteiger partial charge >= 0.3 is 7.60 Å². The standard InChI is InChI=1S/C18H27FNO4P/c1-3-23-25(22,24-4-2)14-18(21)16-9-11-20(12-10-16)13-15-5-7-17(19)8-6-15/h5-8,16H,3-4,9-14H2,1-2H3. The van der Waals surface area contributed by atoms with Crippen molar-refractivity contribution in [1.29, 1.82) is 0 Å². The summed E-state index contributed by atoms with van der Waals surface area (Å²) >= 11 is 0. The quantitative estimate of drug-likeness (QED) is 0.617. The molecule has 0 radical (unpaired) electrons. The van der Waals surface area contributed by atoms with E-state index in [0.29, 0.717) is 0 Å². The van der Waals surface area contributed by atoms with E-state index in [4.69, 9.17) is 9.05 Å². The summed E-state index contributed by atoms with van der Waals surface area (Å²) in [7, 11) is -3.32. The lowest BCUT2D eigenvalue weighted by atomic mass is 9.93. The van der Waals surface area contributed by atoms with Crippen LogP contribution >= 0.6 is 7.60 Å². The Labute approximate surface area is 149 Å². The predicted octanol–water partition coefficient (Wildman–Crippen LogP) is 3.87. The van der Waals surface area contributed by atoms with Crippen molar-refractivity contribution in [2.75, 3.05) is 32.5 Å². The van der Waals surface area contributed by atoms with E-state index in [2.05, 4.69) is 4.90 Å². The van der Waals surface area contributed by atoms with Gasteiger partial charge in [0.05, 0.1) is 13.2 Å². The summed E-state index contributed by atoms with van der Waals surface area (Å²) in [5.41, 5.74) is 1.06. The van der Waals surface area contributed by atoms with Gasteiger partial charge in [0.1, 0.15) is 17.8 Å². The molecule has 0 amide bonds. The number of carbonyl (C=O) groups excluding carboxylic acids is 1. The second-order valence-electron chi connectivity index (χ2n) is 6.25. The minimum Gasteiger partial charge on any atom is -0.309 e. The molecule has 0 atom stereocenters. The maximum atomic E-state index is 13.0. The molecule has 1 aromatic rings. The first-order chi connectivity index (χ1) is 12.0. The predicted molar refractivity (Wildman–Crippen MR) is 95.1 cm³/mol. The molecule has 0 bridgehead atoms. The van der Waals surface area contributed by atoms with Crippen molar-refractivity contribution in [3.8, 4) is 0 Å². The van der Waals surface area contributed by atoms with Gasteiger partial charge in [-0.25, -0.2) is 4.39 Å². The number of halogens is 1. The third-order valence-corrected chi connectivity index (χ3v) is 6.37. The fourth-order valence-electron chi connectivity index (χ4n) is 3.10. The highest BCUT2D eigenvalue weighted by Gasteiger charge is 2.33. The van der Waals surface area contributed by atoms with Crippen LogP contribution in [-0.4, -0.2) is 43.1 Å². The van der Waals surface area contributed by atoms with Crippen molar-refractivity contribution < 1.29 is 22.8 Å². The van der Waals surface area contributed by atoms with Crippen LogP contribution in [0.15, 0.2) is 24.3 Å². The van der Waals surface area contributed by atoms with Crippen molar-refractivity contribution >= 4 is 13.4 Å². The monoisotopic (exact) mass is 371 g/mol. The number of hydrogen-bond donors (Lipinski definition) is 0. The van der Waals surface area contributed by atoms with E-state index in [1.54, 1.807) is 26.0 Å². The molecule has 1 aromatic carbocycles. The van der Waals surface area contributed by atoms with Crippen molar-refractivity contribution in [3.63, 3.8) is 0 Å². The van der Waals surface area contributed by atoms with Crippen LogP contribution in [0.2, 0.25) is 0 Å². The molecular formula is C18H27FNO4P. The molecule has 0 unspecified atom stereocenters. The minimum absolute atomic E-state index is 0.0355. The van der Waals surface area contributed by atoms with Gasteiger partial charge in [-0.05, 0) is 57.5 Å². The number of likely N-dealkylation sites (tertiary alicyclic amines) is 1. The van der Waals surface area contributed by atoms with Crippen molar-refractivity contribution in [3.05, 3.63) is 35.6 Å². The van der Waals surface area contributed by atoms with E-state index in [1.807, 2.05) is 0 Å². The van der Waals surface area contributed by atoms with E-state index in [1.165, 1.54) is 12.1 Å². The first-order valence-electron chi connectivity index (χ1n) is 8.83. The summed E-state index contributed by atoms with van der Waals surface area (Å²) in [5, 5.41) is 0. The highest BCUT2D eigenvalue weighted by molar-refractivity contribution is 7.54. The molecule has 1 fully saturated rings. The van der Waals surface area contributed by atoms with E-state index in [-0.39, 0.29) is 36.9 Å². The molecule has 1 heterocycles. The van der Waals surface area contributed by atoms with Crippen LogP contribution in [0.4, 0.5) is 4.39 Å². The number of piperidine rings is 1. The Morgan fingerprint density at radius 2 is 1.72 bits per heavy atom. The first-order valence-corrected chi connectivity index (χ1v) is 10.6. The van der Waals surface area contributed by atoms with Crippen LogP contribution in [0.25, 0.3) is 0 Å². The molecule has 1 saturated heterocycles. The Morgan fingerprint density at radius 1 is 1.16 bits per heavy atom. The normalized spacial score (nSPS) is 16.9. The Bertz CT molecular complexity index is 590. The maximum Gasteiger partial charge on any atom is 0.338 e. The lowest BCUT2D eigenvalue weighted by molar-refractivity contribution is -0.122. The Hall–Kier alpha value is -1.07. The largest absolute Gasteiger partial charge is 0.338 e. The maximum absolute atomic E-state index is 13.0. The van der Waals surface area contributed by atoms with Crippen LogP contribution in [-0.2, 0) is 25.0 Å². The molecule has 0 aromatic heterocycles. The van der Waals surface area contributed by atoms with Gasteiger partial charge in [0, 0.05) is 12.5 Å². The number of benzene rings is 1. The molecule has 1 aliphatic rings. The molecule has 140 valence electrons. The first kappa shape index (κ1) is 20.2. The van der Waals surface area contributed by atoms with E-state index >= 15 is 0 Å². The SMILES string of the molecule is CCOP(=O)(CC(=O)C1CCN(Cc2ccc(F)cc2)CC1)OCC. The topological polar surface area (TPSA) is 55.8 Å². The fraction of sp³-hybridized carbons (Fsp3) is 0.611. The molecule has 5 nitrogen and oxygen atoms in total. The van der Waals surface area contributed by atoms with Gasteiger partial charge in [-0.2, -0.15) is 0 Å². The molecule has 0 saturated carbocycles. The molecule has 2 rings (SSSR count). The Kier molecular flexibility index (Phi) is 7.76. The average molecular weight is 371 g/mol. The molecule has 0 aliphatic carbocycles. The second kappa shape index (κ2) is 9.58. The number of nitrogens with zero attached hydrogens (tertiary/aromatic N) is 1. The van der Waals surface area contributed by atoms with Gasteiger partial charge in [0.2, 0.25) is 0 Å². The Balaban J connectivity index is 1.83. The highest BCUT2D eigenvalue weighted by Crippen LogP contribution is 2.48. The molecule has 25 heavy (non-hydrogen) atoms. The summed E-state index contributed by atoms with van der Waals surface area (Å²) in [6.07, 6.45) is 1.33. The summed E-state index contributed by atoms with van der Waals surface area (Å²) in [4.78, 5) is 14.7. The van der Waals surface area contributed by atoms with Gasteiger partial charge in [0.25, 0.3) is 0 Å². The zero-order valence-electron chi connectivity index (χ0n) is 14.9. The second-order valence-corrected chi connectivity index (χ2v) is 8.30. The number of carbonyl (C=O) groups is 1. The van der Waals surface area contributed by atoms with Crippen LogP contribution < -0.4 is 0 Å². The van der Waals surface area contributed by atoms with Gasteiger partial charge in [0.15, 0.2) is 0 Å². The number of rotatable bonds is 9. The van der Waals surface area contributed by atoms with E-state index in [0.717, 1.165) is 38.0 Å². The van der Waals surface area contributed by atoms with Crippen molar-refractivity contribution in [2.45, 2.75) is 33.2 Å². The van der Waals surface area contributed by atoms with Crippen LogP contribution in [0, 0.1) is 11.7 Å². The summed E-state index contributed by atoms with van der Waals surface area (Å²) in [5.74, 6) is -0.369. The Morgan fingerprint density at radius 3 is 2.24 bits per heavy atom. The van der Waals surface area contributed by atoms with Crippen molar-refractivity contribution in [2.24, 2.45) is 5.92 Å². The molecule has 1 aliphatic heterocycles. The van der Waals surface area contributed by atoms with E-state index in [9.17, 15) is 13.8 Å². The summed E-state index contributed by atoms with van der Waals surface area (Å²) < 4.78 is 35.9. The van der Waals surface area contributed by atoms with Crippen LogP contribution in [0.3, 0.4) is 0 Å². The van der Waals surface area contributed by atoms with E-state index < -0.39 is 7.60 Å².